The number of carbonyl (C=O) groups is 1. The molecular formula is C29H25F3N6O4. The van der Waals surface area contributed by atoms with E-state index in [9.17, 15) is 18.0 Å². The molecule has 0 spiro atoms. The number of nitriles is 1. The van der Waals surface area contributed by atoms with Gasteiger partial charge >= 0.3 is 12.2 Å². The highest BCUT2D eigenvalue weighted by Crippen LogP contribution is 2.34. The third-order valence-electron chi connectivity index (χ3n) is 5.86. The Labute approximate surface area is 239 Å². The standard InChI is InChI=1S/C29H25F3N6O4/c1-4-41-25-12-26(42-16-18-5-9-21(40-3)10-6-18)34-14-22(25)27-35-15-24(17(2)36-27)38-28(39)37-20-8-7-19(13-33)23(11-20)29(30,31)32/h5-12,14-15H,4,16H2,1-3H3,(H2,37,38,39). The Bertz CT molecular complexity index is 1620. The summed E-state index contributed by atoms with van der Waals surface area (Å²) in [4.78, 5) is 25.6. The van der Waals surface area contributed by atoms with Gasteiger partial charge in [0.05, 0.1) is 54.1 Å². The number of alkyl halides is 3. The quantitative estimate of drug-likeness (QED) is 0.234. The Balaban J connectivity index is 1.47. The first-order valence-electron chi connectivity index (χ1n) is 12.5. The molecule has 216 valence electrons. The first kappa shape index (κ1) is 29.6. The zero-order valence-corrected chi connectivity index (χ0v) is 22.7. The van der Waals surface area contributed by atoms with Crippen LogP contribution in [0.15, 0.2) is 60.9 Å². The van der Waals surface area contributed by atoms with Gasteiger partial charge in [0.1, 0.15) is 18.1 Å². The second-order valence-corrected chi connectivity index (χ2v) is 8.73. The molecule has 0 saturated heterocycles. The number of amides is 2. The molecule has 0 fully saturated rings. The second-order valence-electron chi connectivity index (χ2n) is 8.73. The molecule has 2 aromatic carbocycles. The van der Waals surface area contributed by atoms with Crippen molar-refractivity contribution in [3.8, 4) is 34.8 Å². The number of carbonyl (C=O) groups excluding carboxylic acids is 1. The smallest absolute Gasteiger partial charge is 0.417 e. The van der Waals surface area contributed by atoms with E-state index in [1.54, 1.807) is 20.1 Å². The molecule has 0 atom stereocenters. The number of aryl methyl sites for hydroxylation is 1. The van der Waals surface area contributed by atoms with Crippen LogP contribution in [0, 0.1) is 18.3 Å². The molecule has 0 radical (unpaired) electrons. The van der Waals surface area contributed by atoms with Crippen molar-refractivity contribution in [2.75, 3.05) is 24.4 Å². The van der Waals surface area contributed by atoms with E-state index in [0.717, 1.165) is 17.4 Å². The number of ether oxygens (including phenoxy) is 3. The van der Waals surface area contributed by atoms with Crippen LogP contribution >= 0.6 is 0 Å². The number of anilines is 2. The van der Waals surface area contributed by atoms with Gasteiger partial charge in [0.25, 0.3) is 0 Å². The van der Waals surface area contributed by atoms with Gasteiger partial charge in [-0.15, -0.1) is 0 Å². The van der Waals surface area contributed by atoms with E-state index in [0.29, 0.717) is 35.6 Å². The molecule has 13 heteroatoms. The topological polar surface area (TPSA) is 131 Å². The van der Waals surface area contributed by atoms with Gasteiger partial charge in [0, 0.05) is 18.0 Å². The number of halogens is 3. The van der Waals surface area contributed by atoms with Crippen LogP contribution in [-0.4, -0.2) is 34.7 Å². The molecule has 42 heavy (non-hydrogen) atoms. The minimum Gasteiger partial charge on any atom is -0.497 e. The lowest BCUT2D eigenvalue weighted by molar-refractivity contribution is -0.137. The van der Waals surface area contributed by atoms with E-state index >= 15 is 0 Å². The summed E-state index contributed by atoms with van der Waals surface area (Å²) in [5.41, 5.74) is 0.180. The first-order chi connectivity index (χ1) is 20.1. The Kier molecular flexibility index (Phi) is 9.06. The average Bonchev–Trinajstić information content (AvgIpc) is 2.97. The summed E-state index contributed by atoms with van der Waals surface area (Å²) in [7, 11) is 1.59. The van der Waals surface area contributed by atoms with Gasteiger partial charge in [-0.1, -0.05) is 12.1 Å². The molecule has 4 aromatic rings. The van der Waals surface area contributed by atoms with Gasteiger partial charge in [-0.3, -0.25) is 0 Å². The number of benzene rings is 2. The van der Waals surface area contributed by atoms with Crippen LogP contribution in [0.25, 0.3) is 11.4 Å². The maximum Gasteiger partial charge on any atom is 0.417 e. The van der Waals surface area contributed by atoms with Crippen molar-refractivity contribution in [2.24, 2.45) is 0 Å². The molecule has 0 saturated carbocycles. The summed E-state index contributed by atoms with van der Waals surface area (Å²) in [6.45, 7) is 4.09. The summed E-state index contributed by atoms with van der Waals surface area (Å²) < 4.78 is 56.5. The second kappa shape index (κ2) is 12.9. The molecule has 0 bridgehead atoms. The molecule has 2 aromatic heterocycles. The van der Waals surface area contributed by atoms with Crippen molar-refractivity contribution in [3.63, 3.8) is 0 Å². The van der Waals surface area contributed by atoms with Crippen LogP contribution in [0.5, 0.6) is 17.4 Å². The van der Waals surface area contributed by atoms with Gasteiger partial charge < -0.3 is 24.8 Å². The van der Waals surface area contributed by atoms with Crippen molar-refractivity contribution in [1.29, 1.82) is 5.26 Å². The highest BCUT2D eigenvalue weighted by atomic mass is 19.4. The fraction of sp³-hybridized carbons (Fsp3) is 0.207. The SMILES string of the molecule is CCOc1cc(OCc2ccc(OC)cc2)ncc1-c1ncc(NC(=O)Nc2ccc(C#N)c(C(F)(F)F)c2)c(C)n1. The molecule has 4 rings (SSSR count). The maximum atomic E-state index is 13.2. The molecule has 10 nitrogen and oxygen atoms in total. The summed E-state index contributed by atoms with van der Waals surface area (Å²) in [5.74, 6) is 1.79. The molecule has 2 amide bonds. The van der Waals surface area contributed by atoms with Crippen LogP contribution < -0.4 is 24.8 Å². The van der Waals surface area contributed by atoms with Crippen molar-refractivity contribution < 1.29 is 32.2 Å². The van der Waals surface area contributed by atoms with Crippen LogP contribution in [0.4, 0.5) is 29.3 Å². The monoisotopic (exact) mass is 578 g/mol. The summed E-state index contributed by atoms with van der Waals surface area (Å²) in [6.07, 6.45) is -1.87. The molecule has 2 N–H and O–H groups in total. The number of hydrogen-bond acceptors (Lipinski definition) is 8. The third-order valence-corrected chi connectivity index (χ3v) is 5.86. The largest absolute Gasteiger partial charge is 0.497 e. The summed E-state index contributed by atoms with van der Waals surface area (Å²) in [6, 6.07) is 12.6. The van der Waals surface area contributed by atoms with Crippen LogP contribution in [0.3, 0.4) is 0 Å². The molecule has 0 aliphatic heterocycles. The third kappa shape index (κ3) is 7.22. The Morgan fingerprint density at radius 3 is 2.43 bits per heavy atom. The lowest BCUT2D eigenvalue weighted by Crippen LogP contribution is -2.21. The van der Waals surface area contributed by atoms with Gasteiger partial charge in [-0.25, -0.2) is 19.7 Å². The zero-order chi connectivity index (χ0) is 30.3. The zero-order valence-electron chi connectivity index (χ0n) is 22.7. The minimum atomic E-state index is -4.75. The Hall–Kier alpha value is -5.38. The van der Waals surface area contributed by atoms with Gasteiger partial charge in [0.2, 0.25) is 5.88 Å². The van der Waals surface area contributed by atoms with Gasteiger partial charge in [-0.2, -0.15) is 18.4 Å². The lowest BCUT2D eigenvalue weighted by atomic mass is 10.1. The number of hydrogen-bond donors (Lipinski definition) is 2. The van der Waals surface area contributed by atoms with Crippen LogP contribution in [-0.2, 0) is 12.8 Å². The predicted molar refractivity (Wildman–Crippen MR) is 147 cm³/mol. The number of nitrogens with one attached hydrogen (secondary N) is 2. The number of nitrogens with zero attached hydrogens (tertiary/aromatic N) is 4. The maximum absolute atomic E-state index is 13.2. The number of methoxy groups -OCH3 is 1. The normalized spacial score (nSPS) is 10.9. The van der Waals surface area contributed by atoms with Crippen molar-refractivity contribution >= 4 is 17.4 Å². The van der Waals surface area contributed by atoms with Crippen molar-refractivity contribution in [3.05, 3.63) is 83.3 Å². The molecular weight excluding hydrogens is 553 g/mol. The number of rotatable bonds is 9. The van der Waals surface area contributed by atoms with E-state index in [4.69, 9.17) is 19.5 Å². The molecule has 0 unspecified atom stereocenters. The van der Waals surface area contributed by atoms with Gasteiger partial charge in [-0.05, 0) is 49.7 Å². The number of pyridine rings is 1. The van der Waals surface area contributed by atoms with E-state index in [1.165, 1.54) is 24.5 Å². The van der Waals surface area contributed by atoms with Gasteiger partial charge in [0.15, 0.2) is 5.82 Å². The Morgan fingerprint density at radius 2 is 1.79 bits per heavy atom. The number of urea groups is 1. The van der Waals surface area contributed by atoms with E-state index in [1.807, 2.05) is 31.2 Å². The fourth-order valence-corrected chi connectivity index (χ4v) is 3.78. The highest BCUT2D eigenvalue weighted by molar-refractivity contribution is 6.00. The van der Waals surface area contributed by atoms with Crippen molar-refractivity contribution in [2.45, 2.75) is 26.6 Å². The summed E-state index contributed by atoms with van der Waals surface area (Å²) in [5, 5.41) is 13.8. The van der Waals surface area contributed by atoms with Crippen LogP contribution in [0.2, 0.25) is 0 Å². The summed E-state index contributed by atoms with van der Waals surface area (Å²) >= 11 is 0. The highest BCUT2D eigenvalue weighted by Gasteiger charge is 2.34. The van der Waals surface area contributed by atoms with Crippen LogP contribution in [0.1, 0.15) is 29.3 Å². The first-order valence-corrected chi connectivity index (χ1v) is 12.5. The van der Waals surface area contributed by atoms with E-state index in [-0.39, 0.29) is 23.8 Å². The minimum absolute atomic E-state index is 0.143. The molecule has 0 aliphatic carbocycles. The average molecular weight is 579 g/mol. The van der Waals surface area contributed by atoms with Crippen molar-refractivity contribution in [1.82, 2.24) is 15.0 Å². The number of aromatic nitrogens is 3. The Morgan fingerprint density at radius 1 is 1.02 bits per heavy atom. The van der Waals surface area contributed by atoms with E-state index in [2.05, 4.69) is 25.6 Å². The fourth-order valence-electron chi connectivity index (χ4n) is 3.78. The predicted octanol–water partition coefficient (Wildman–Crippen LogP) is 6.37. The molecule has 0 aliphatic rings. The van der Waals surface area contributed by atoms with E-state index < -0.39 is 23.3 Å². The lowest BCUT2D eigenvalue weighted by Gasteiger charge is -2.14. The molecule has 2 heterocycles.